The molecule has 3 rings (SSSR count). The van der Waals surface area contributed by atoms with Crippen molar-refractivity contribution in [3.63, 3.8) is 0 Å². The largest absolute Gasteiger partial charge is 0.369 e. The van der Waals surface area contributed by atoms with Crippen molar-refractivity contribution in [3.05, 3.63) is 30.1 Å². The minimum absolute atomic E-state index is 0.963. The van der Waals surface area contributed by atoms with Gasteiger partial charge in [0.05, 0.1) is 5.52 Å². The van der Waals surface area contributed by atoms with E-state index in [9.17, 15) is 0 Å². The Kier molecular flexibility index (Phi) is 4.65. The van der Waals surface area contributed by atoms with E-state index in [2.05, 4.69) is 45.3 Å². The predicted molar refractivity (Wildman–Crippen MR) is 87.7 cm³/mol. The van der Waals surface area contributed by atoms with Crippen LogP contribution in [0.5, 0.6) is 0 Å². The van der Waals surface area contributed by atoms with Gasteiger partial charge in [0.2, 0.25) is 0 Å². The van der Waals surface area contributed by atoms with Crippen LogP contribution in [0.4, 0.5) is 5.82 Å². The summed E-state index contributed by atoms with van der Waals surface area (Å²) in [5, 5.41) is 4.59. The highest BCUT2D eigenvalue weighted by Gasteiger charge is 2.10. The number of nitrogens with zero attached hydrogens (tertiary/aromatic N) is 3. The Labute approximate surface area is 126 Å². The lowest BCUT2D eigenvalue weighted by molar-refractivity contribution is 0.331. The van der Waals surface area contributed by atoms with E-state index in [0.29, 0.717) is 0 Å². The number of aromatic nitrogens is 2. The zero-order valence-corrected chi connectivity index (χ0v) is 12.8. The molecule has 0 aliphatic carbocycles. The molecule has 21 heavy (non-hydrogen) atoms. The second-order valence-corrected chi connectivity index (χ2v) is 5.93. The molecule has 1 aromatic carbocycles. The van der Waals surface area contributed by atoms with Crippen molar-refractivity contribution in [2.75, 3.05) is 31.5 Å². The van der Waals surface area contributed by atoms with E-state index in [0.717, 1.165) is 23.3 Å². The number of fused-ring (bicyclic) bond motifs is 1. The molecule has 1 aliphatic heterocycles. The molecule has 1 saturated heterocycles. The SMILES string of the molecule is Cc1ccc2ncnc(NCCCCN3CCCC3)c2c1. The minimum atomic E-state index is 0.963. The molecule has 1 aromatic heterocycles. The molecule has 0 unspecified atom stereocenters. The standard InChI is InChI=1S/C17H24N4/c1-14-6-7-16-15(12-14)17(20-13-19-16)18-8-2-3-9-21-10-4-5-11-21/h6-7,12-13H,2-5,8-11H2,1H3,(H,18,19,20). The molecule has 2 aromatic rings. The number of hydrogen-bond acceptors (Lipinski definition) is 4. The van der Waals surface area contributed by atoms with E-state index in [1.54, 1.807) is 6.33 Å². The zero-order chi connectivity index (χ0) is 14.5. The molecule has 2 heterocycles. The number of unbranched alkanes of at least 4 members (excludes halogenated alkanes) is 1. The van der Waals surface area contributed by atoms with Crippen molar-refractivity contribution in [1.82, 2.24) is 14.9 Å². The lowest BCUT2D eigenvalue weighted by atomic mass is 10.1. The van der Waals surface area contributed by atoms with Gasteiger partial charge in [-0.05, 0) is 64.4 Å². The van der Waals surface area contributed by atoms with Gasteiger partial charge in [-0.1, -0.05) is 11.6 Å². The van der Waals surface area contributed by atoms with Gasteiger partial charge in [-0.3, -0.25) is 0 Å². The van der Waals surface area contributed by atoms with Gasteiger partial charge < -0.3 is 10.2 Å². The first-order chi connectivity index (χ1) is 10.3. The van der Waals surface area contributed by atoms with Crippen molar-refractivity contribution >= 4 is 16.7 Å². The average Bonchev–Trinajstić information content (AvgIpc) is 3.00. The summed E-state index contributed by atoms with van der Waals surface area (Å²) in [7, 11) is 0. The van der Waals surface area contributed by atoms with Crippen LogP contribution in [-0.4, -0.2) is 41.0 Å². The van der Waals surface area contributed by atoms with Gasteiger partial charge in [-0.2, -0.15) is 0 Å². The fraction of sp³-hybridized carbons (Fsp3) is 0.529. The quantitative estimate of drug-likeness (QED) is 0.827. The van der Waals surface area contributed by atoms with E-state index < -0.39 is 0 Å². The van der Waals surface area contributed by atoms with Crippen LogP contribution < -0.4 is 5.32 Å². The Hall–Kier alpha value is -1.68. The van der Waals surface area contributed by atoms with Crippen molar-refractivity contribution in [2.24, 2.45) is 0 Å². The van der Waals surface area contributed by atoms with E-state index in [1.807, 2.05) is 0 Å². The Bertz CT molecular complexity index is 590. The van der Waals surface area contributed by atoms with Crippen LogP contribution in [0.15, 0.2) is 24.5 Å². The van der Waals surface area contributed by atoms with Crippen LogP contribution in [0.2, 0.25) is 0 Å². The van der Waals surface area contributed by atoms with Crippen LogP contribution in [0.25, 0.3) is 10.9 Å². The van der Waals surface area contributed by atoms with Gasteiger partial charge in [0, 0.05) is 11.9 Å². The lowest BCUT2D eigenvalue weighted by Gasteiger charge is -2.14. The molecule has 0 bridgehead atoms. The van der Waals surface area contributed by atoms with Crippen molar-refractivity contribution in [3.8, 4) is 0 Å². The highest BCUT2D eigenvalue weighted by atomic mass is 15.1. The number of nitrogens with one attached hydrogen (secondary N) is 1. The molecule has 0 saturated carbocycles. The summed E-state index contributed by atoms with van der Waals surface area (Å²) in [5.41, 5.74) is 2.25. The third-order valence-corrected chi connectivity index (χ3v) is 4.18. The summed E-state index contributed by atoms with van der Waals surface area (Å²) < 4.78 is 0. The third kappa shape index (κ3) is 3.70. The molecule has 0 amide bonds. The van der Waals surface area contributed by atoms with Crippen LogP contribution in [0, 0.1) is 6.92 Å². The number of rotatable bonds is 6. The maximum atomic E-state index is 4.39. The van der Waals surface area contributed by atoms with E-state index in [1.165, 1.54) is 50.9 Å². The Morgan fingerprint density at radius 1 is 1.14 bits per heavy atom. The molecule has 0 atom stereocenters. The highest BCUT2D eigenvalue weighted by Crippen LogP contribution is 2.20. The third-order valence-electron chi connectivity index (χ3n) is 4.18. The second kappa shape index (κ2) is 6.85. The summed E-state index contributed by atoms with van der Waals surface area (Å²) in [4.78, 5) is 11.3. The molecule has 1 aliphatic rings. The van der Waals surface area contributed by atoms with Gasteiger partial charge in [0.25, 0.3) is 0 Å². The van der Waals surface area contributed by atoms with Gasteiger partial charge in [0.1, 0.15) is 12.1 Å². The van der Waals surface area contributed by atoms with Gasteiger partial charge in [-0.25, -0.2) is 9.97 Å². The normalized spacial score (nSPS) is 15.7. The maximum Gasteiger partial charge on any atom is 0.137 e. The molecular weight excluding hydrogens is 260 g/mol. The first kappa shape index (κ1) is 14.3. The van der Waals surface area contributed by atoms with E-state index in [-0.39, 0.29) is 0 Å². The van der Waals surface area contributed by atoms with Gasteiger partial charge in [-0.15, -0.1) is 0 Å². The van der Waals surface area contributed by atoms with Crippen molar-refractivity contribution in [2.45, 2.75) is 32.6 Å². The zero-order valence-electron chi connectivity index (χ0n) is 12.8. The Morgan fingerprint density at radius 3 is 2.86 bits per heavy atom. The Balaban J connectivity index is 1.51. The monoisotopic (exact) mass is 284 g/mol. The molecule has 1 N–H and O–H groups in total. The fourth-order valence-corrected chi connectivity index (χ4v) is 2.98. The summed E-state index contributed by atoms with van der Waals surface area (Å²) in [6.07, 6.45) is 6.85. The smallest absolute Gasteiger partial charge is 0.137 e. The highest BCUT2D eigenvalue weighted by molar-refractivity contribution is 5.89. The van der Waals surface area contributed by atoms with Gasteiger partial charge in [0.15, 0.2) is 0 Å². The number of anilines is 1. The minimum Gasteiger partial charge on any atom is -0.369 e. The number of benzene rings is 1. The molecule has 1 fully saturated rings. The summed E-state index contributed by atoms with van der Waals surface area (Å²) in [5.74, 6) is 0.963. The van der Waals surface area contributed by atoms with E-state index >= 15 is 0 Å². The van der Waals surface area contributed by atoms with Gasteiger partial charge >= 0.3 is 0 Å². The van der Waals surface area contributed by atoms with Crippen LogP contribution in [-0.2, 0) is 0 Å². The number of likely N-dealkylation sites (tertiary alicyclic amines) is 1. The average molecular weight is 284 g/mol. The topological polar surface area (TPSA) is 41.1 Å². The summed E-state index contributed by atoms with van der Waals surface area (Å²) in [6, 6.07) is 6.31. The van der Waals surface area contributed by atoms with E-state index in [4.69, 9.17) is 0 Å². The van der Waals surface area contributed by atoms with Crippen molar-refractivity contribution in [1.29, 1.82) is 0 Å². The molecule has 112 valence electrons. The number of hydrogen-bond donors (Lipinski definition) is 1. The molecular formula is C17H24N4. The molecule has 4 heteroatoms. The summed E-state index contributed by atoms with van der Waals surface area (Å²) >= 11 is 0. The van der Waals surface area contributed by atoms with Crippen LogP contribution in [0.1, 0.15) is 31.2 Å². The fourth-order valence-electron chi connectivity index (χ4n) is 2.98. The molecule has 0 spiro atoms. The first-order valence-corrected chi connectivity index (χ1v) is 8.00. The summed E-state index contributed by atoms with van der Waals surface area (Å²) in [6.45, 7) is 6.91. The van der Waals surface area contributed by atoms with Crippen LogP contribution >= 0.6 is 0 Å². The van der Waals surface area contributed by atoms with Crippen LogP contribution in [0.3, 0.4) is 0 Å². The Morgan fingerprint density at radius 2 is 2.00 bits per heavy atom. The number of aryl methyl sites for hydroxylation is 1. The lowest BCUT2D eigenvalue weighted by Crippen LogP contribution is -2.20. The second-order valence-electron chi connectivity index (χ2n) is 5.93. The molecule has 0 radical (unpaired) electrons. The molecule has 4 nitrogen and oxygen atoms in total. The van der Waals surface area contributed by atoms with Crippen molar-refractivity contribution < 1.29 is 0 Å². The maximum absolute atomic E-state index is 4.39. The first-order valence-electron chi connectivity index (χ1n) is 8.00. The predicted octanol–water partition coefficient (Wildman–Crippen LogP) is 3.23.